The summed E-state index contributed by atoms with van der Waals surface area (Å²) < 4.78 is 5.46. The van der Waals surface area contributed by atoms with Crippen LogP contribution in [-0.4, -0.2) is 28.4 Å². The van der Waals surface area contributed by atoms with Gasteiger partial charge in [0.15, 0.2) is 0 Å². The quantitative estimate of drug-likeness (QED) is 0.499. The molecule has 0 bridgehead atoms. The second-order valence-corrected chi connectivity index (χ2v) is 6.53. The Kier molecular flexibility index (Phi) is 5.89. The highest BCUT2D eigenvalue weighted by molar-refractivity contribution is 6.01. The van der Waals surface area contributed by atoms with E-state index in [2.05, 4.69) is 20.7 Å². The van der Waals surface area contributed by atoms with Crippen molar-refractivity contribution in [2.45, 2.75) is 27.7 Å². The summed E-state index contributed by atoms with van der Waals surface area (Å²) in [6.45, 7) is 8.31. The van der Waals surface area contributed by atoms with E-state index >= 15 is 0 Å². The number of amides is 1. The second kappa shape index (κ2) is 8.52. The number of hydrogen-bond donors (Lipinski definition) is 2. The first-order chi connectivity index (χ1) is 13.5. The number of ether oxygens (including phenoxy) is 1. The molecule has 3 rings (SSSR count). The molecule has 1 heterocycles. The molecule has 1 aromatic heterocycles. The summed E-state index contributed by atoms with van der Waals surface area (Å²) in [4.78, 5) is 12.5. The molecule has 0 radical (unpaired) electrons. The second-order valence-electron chi connectivity index (χ2n) is 6.53. The van der Waals surface area contributed by atoms with Gasteiger partial charge in [0.2, 0.25) is 0 Å². The SMILES string of the molecule is CCOc1ccc(-c2n[nH]c(C(=O)N/N=C(/C)c3ccc(C)cc3)c2C)cc1. The van der Waals surface area contributed by atoms with Crippen molar-refractivity contribution in [3.8, 4) is 17.0 Å². The van der Waals surface area contributed by atoms with Gasteiger partial charge in [-0.05, 0) is 57.5 Å². The van der Waals surface area contributed by atoms with Gasteiger partial charge >= 0.3 is 0 Å². The summed E-state index contributed by atoms with van der Waals surface area (Å²) in [6.07, 6.45) is 0. The Morgan fingerprint density at radius 3 is 2.43 bits per heavy atom. The lowest BCUT2D eigenvalue weighted by molar-refractivity contribution is 0.0949. The van der Waals surface area contributed by atoms with Crippen LogP contribution < -0.4 is 10.2 Å². The van der Waals surface area contributed by atoms with E-state index < -0.39 is 0 Å². The van der Waals surface area contributed by atoms with Crippen LogP contribution in [0.4, 0.5) is 0 Å². The van der Waals surface area contributed by atoms with E-state index in [0.717, 1.165) is 33.8 Å². The third-order valence-corrected chi connectivity index (χ3v) is 4.47. The molecule has 28 heavy (non-hydrogen) atoms. The molecule has 0 aliphatic heterocycles. The number of hydrogen-bond acceptors (Lipinski definition) is 4. The number of nitrogens with one attached hydrogen (secondary N) is 2. The lowest BCUT2D eigenvalue weighted by atomic mass is 10.1. The highest BCUT2D eigenvalue weighted by Crippen LogP contribution is 2.25. The van der Waals surface area contributed by atoms with Crippen molar-refractivity contribution in [1.82, 2.24) is 15.6 Å². The van der Waals surface area contributed by atoms with E-state index in [1.165, 1.54) is 5.56 Å². The number of aromatic amines is 1. The zero-order valence-corrected chi connectivity index (χ0v) is 16.5. The number of aromatic nitrogens is 2. The van der Waals surface area contributed by atoms with Crippen molar-refractivity contribution in [2.24, 2.45) is 5.10 Å². The molecule has 0 spiro atoms. The maximum absolute atomic E-state index is 12.5. The maximum atomic E-state index is 12.5. The summed E-state index contributed by atoms with van der Waals surface area (Å²) in [7, 11) is 0. The fourth-order valence-corrected chi connectivity index (χ4v) is 2.83. The smallest absolute Gasteiger partial charge is 0.289 e. The minimum atomic E-state index is -0.325. The Hall–Kier alpha value is -3.41. The van der Waals surface area contributed by atoms with Gasteiger partial charge in [0, 0.05) is 11.1 Å². The number of hydrazone groups is 1. The largest absolute Gasteiger partial charge is 0.494 e. The van der Waals surface area contributed by atoms with Crippen LogP contribution in [0, 0.1) is 13.8 Å². The van der Waals surface area contributed by atoms with Gasteiger partial charge in [-0.1, -0.05) is 29.8 Å². The van der Waals surface area contributed by atoms with E-state index in [9.17, 15) is 4.79 Å². The number of carbonyl (C=O) groups is 1. The topological polar surface area (TPSA) is 79.4 Å². The van der Waals surface area contributed by atoms with Gasteiger partial charge < -0.3 is 4.74 Å². The van der Waals surface area contributed by atoms with E-state index in [0.29, 0.717) is 12.3 Å². The van der Waals surface area contributed by atoms with Crippen molar-refractivity contribution in [3.63, 3.8) is 0 Å². The minimum Gasteiger partial charge on any atom is -0.494 e. The molecule has 0 atom stereocenters. The fraction of sp³-hybridized carbons (Fsp3) is 0.227. The van der Waals surface area contributed by atoms with Gasteiger partial charge in [0.1, 0.15) is 11.4 Å². The molecule has 1 amide bonds. The molecule has 0 fully saturated rings. The normalized spacial score (nSPS) is 11.4. The Bertz CT molecular complexity index is 986. The molecule has 0 saturated carbocycles. The van der Waals surface area contributed by atoms with Crippen LogP contribution in [0.1, 0.15) is 41.0 Å². The molecule has 0 aliphatic carbocycles. The molecular formula is C22H24N4O2. The molecule has 6 nitrogen and oxygen atoms in total. The van der Waals surface area contributed by atoms with E-state index in [-0.39, 0.29) is 5.91 Å². The van der Waals surface area contributed by atoms with Crippen LogP contribution >= 0.6 is 0 Å². The van der Waals surface area contributed by atoms with E-state index in [1.807, 2.05) is 76.2 Å². The number of benzene rings is 2. The van der Waals surface area contributed by atoms with Crippen LogP contribution in [0.15, 0.2) is 53.6 Å². The highest BCUT2D eigenvalue weighted by Gasteiger charge is 2.17. The number of rotatable bonds is 6. The lowest BCUT2D eigenvalue weighted by Crippen LogP contribution is -2.20. The molecule has 0 unspecified atom stereocenters. The number of carbonyl (C=O) groups excluding carboxylic acids is 1. The van der Waals surface area contributed by atoms with Gasteiger partial charge in [-0.15, -0.1) is 0 Å². The Balaban J connectivity index is 1.74. The number of aryl methyl sites for hydroxylation is 1. The Labute approximate surface area is 164 Å². The van der Waals surface area contributed by atoms with Crippen LogP contribution in [0.3, 0.4) is 0 Å². The van der Waals surface area contributed by atoms with Gasteiger partial charge in [-0.25, -0.2) is 5.43 Å². The standard InChI is InChI=1S/C22H24N4O2/c1-5-28-19-12-10-18(11-13-19)20-15(3)21(25-24-20)22(27)26-23-16(4)17-8-6-14(2)7-9-17/h6-13H,5H2,1-4H3,(H,24,25)(H,26,27)/b23-16-. The van der Waals surface area contributed by atoms with Gasteiger partial charge in [-0.2, -0.15) is 10.2 Å². The molecule has 3 aromatic rings. The van der Waals surface area contributed by atoms with Crippen molar-refractivity contribution in [3.05, 3.63) is 70.9 Å². The zero-order chi connectivity index (χ0) is 20.1. The Morgan fingerprint density at radius 2 is 1.79 bits per heavy atom. The molecule has 2 N–H and O–H groups in total. The summed E-state index contributed by atoms with van der Waals surface area (Å²) >= 11 is 0. The molecule has 0 aliphatic rings. The van der Waals surface area contributed by atoms with Gasteiger partial charge in [0.05, 0.1) is 18.0 Å². The first kappa shape index (κ1) is 19.4. The maximum Gasteiger partial charge on any atom is 0.289 e. The van der Waals surface area contributed by atoms with E-state index in [1.54, 1.807) is 0 Å². The predicted molar refractivity (Wildman–Crippen MR) is 111 cm³/mol. The molecule has 6 heteroatoms. The summed E-state index contributed by atoms with van der Waals surface area (Å²) in [5, 5.41) is 11.3. The number of H-pyrrole nitrogens is 1. The van der Waals surface area contributed by atoms with Crippen molar-refractivity contribution in [1.29, 1.82) is 0 Å². The van der Waals surface area contributed by atoms with Gasteiger partial charge in [0.25, 0.3) is 5.91 Å². The summed E-state index contributed by atoms with van der Waals surface area (Å²) in [5.74, 6) is 0.479. The van der Waals surface area contributed by atoms with Crippen molar-refractivity contribution >= 4 is 11.6 Å². The zero-order valence-electron chi connectivity index (χ0n) is 16.5. The molecule has 144 valence electrons. The van der Waals surface area contributed by atoms with Crippen LogP contribution in [0.2, 0.25) is 0 Å². The van der Waals surface area contributed by atoms with E-state index in [4.69, 9.17) is 4.74 Å². The fourth-order valence-electron chi connectivity index (χ4n) is 2.83. The third-order valence-electron chi connectivity index (χ3n) is 4.47. The van der Waals surface area contributed by atoms with Crippen molar-refractivity contribution < 1.29 is 9.53 Å². The van der Waals surface area contributed by atoms with Gasteiger partial charge in [-0.3, -0.25) is 9.89 Å². The monoisotopic (exact) mass is 376 g/mol. The summed E-state index contributed by atoms with van der Waals surface area (Å²) in [5.41, 5.74) is 8.27. The van der Waals surface area contributed by atoms with Crippen molar-refractivity contribution in [2.75, 3.05) is 6.61 Å². The Morgan fingerprint density at radius 1 is 1.11 bits per heavy atom. The first-order valence-electron chi connectivity index (χ1n) is 9.19. The molecule has 0 saturated heterocycles. The average molecular weight is 376 g/mol. The highest BCUT2D eigenvalue weighted by atomic mass is 16.5. The third kappa shape index (κ3) is 4.28. The molecular weight excluding hydrogens is 352 g/mol. The molecule has 2 aromatic carbocycles. The van der Waals surface area contributed by atoms with Crippen LogP contribution in [0.25, 0.3) is 11.3 Å². The summed E-state index contributed by atoms with van der Waals surface area (Å²) in [6, 6.07) is 15.6. The van der Waals surface area contributed by atoms with Crippen LogP contribution in [-0.2, 0) is 0 Å². The van der Waals surface area contributed by atoms with Crippen LogP contribution in [0.5, 0.6) is 5.75 Å². The minimum absolute atomic E-state index is 0.325. The predicted octanol–water partition coefficient (Wildman–Crippen LogP) is 4.25. The lowest BCUT2D eigenvalue weighted by Gasteiger charge is -2.05. The number of nitrogens with zero attached hydrogens (tertiary/aromatic N) is 2. The first-order valence-corrected chi connectivity index (χ1v) is 9.19. The average Bonchev–Trinajstić information content (AvgIpc) is 3.09.